The molecular formula is C25H23FN4O5. The fourth-order valence-corrected chi connectivity index (χ4v) is 4.67. The highest BCUT2D eigenvalue weighted by Crippen LogP contribution is 2.48. The van der Waals surface area contributed by atoms with Crippen molar-refractivity contribution in [1.82, 2.24) is 0 Å². The van der Waals surface area contributed by atoms with Gasteiger partial charge < -0.3 is 10.2 Å². The lowest BCUT2D eigenvalue weighted by molar-refractivity contribution is -0.385. The van der Waals surface area contributed by atoms with Gasteiger partial charge in [-0.15, -0.1) is 0 Å². The second-order valence-electron chi connectivity index (χ2n) is 8.51. The maximum Gasteiger partial charge on any atom is 0.293 e. The molecule has 9 nitrogen and oxygen atoms in total. The van der Waals surface area contributed by atoms with Crippen molar-refractivity contribution in [1.29, 1.82) is 0 Å². The summed E-state index contributed by atoms with van der Waals surface area (Å²) in [7, 11) is 0. The van der Waals surface area contributed by atoms with Gasteiger partial charge in [-0.3, -0.25) is 25.0 Å². The average Bonchev–Trinajstić information content (AvgIpc) is 3.24. The summed E-state index contributed by atoms with van der Waals surface area (Å²) in [6, 6.07) is 15.1. The summed E-state index contributed by atoms with van der Waals surface area (Å²) >= 11 is 0. The smallest absolute Gasteiger partial charge is 0.293 e. The molecule has 1 saturated heterocycles. The Hall–Kier alpha value is -4.34. The first kappa shape index (κ1) is 23.8. The Morgan fingerprint density at radius 1 is 0.914 bits per heavy atom. The molecule has 2 atom stereocenters. The zero-order valence-electron chi connectivity index (χ0n) is 19.1. The lowest BCUT2D eigenvalue weighted by Crippen LogP contribution is -2.26. The monoisotopic (exact) mass is 478 g/mol. The number of hydrogen-bond acceptors (Lipinski definition) is 6. The van der Waals surface area contributed by atoms with Crippen molar-refractivity contribution in [2.24, 2.45) is 0 Å². The molecule has 0 aromatic heterocycles. The number of halogens is 1. The highest BCUT2D eigenvalue weighted by Gasteiger charge is 2.37. The third-order valence-electron chi connectivity index (χ3n) is 6.24. The van der Waals surface area contributed by atoms with Gasteiger partial charge in [0.2, 0.25) is 5.91 Å². The minimum atomic E-state index is -0.549. The molecule has 4 rings (SSSR count). The molecule has 180 valence electrons. The highest BCUT2D eigenvalue weighted by atomic mass is 19.1. The molecule has 35 heavy (non-hydrogen) atoms. The van der Waals surface area contributed by atoms with Gasteiger partial charge in [-0.1, -0.05) is 18.2 Å². The van der Waals surface area contributed by atoms with Crippen LogP contribution in [0.1, 0.15) is 48.5 Å². The summed E-state index contributed by atoms with van der Waals surface area (Å²) in [5.74, 6) is -0.821. The Morgan fingerprint density at radius 3 is 2.00 bits per heavy atom. The average molecular weight is 478 g/mol. The van der Waals surface area contributed by atoms with Gasteiger partial charge in [0.05, 0.1) is 21.9 Å². The van der Waals surface area contributed by atoms with E-state index in [2.05, 4.69) is 5.32 Å². The van der Waals surface area contributed by atoms with Crippen LogP contribution in [-0.2, 0) is 4.79 Å². The van der Waals surface area contributed by atoms with Crippen molar-refractivity contribution in [2.45, 2.75) is 38.8 Å². The van der Waals surface area contributed by atoms with Crippen LogP contribution in [0.3, 0.4) is 0 Å². The second kappa shape index (κ2) is 9.49. The molecule has 2 unspecified atom stereocenters. The van der Waals surface area contributed by atoms with Crippen molar-refractivity contribution in [3.8, 4) is 0 Å². The molecule has 1 amide bonds. The SMILES string of the molecule is CC(=O)Nc1ccc(C2CCC(c3ccc(C)c([N+](=O)[O-])c3)N2c2ccc(F)cc2)cc1[N+](=O)[O-]. The lowest BCUT2D eigenvalue weighted by atomic mass is 10.0. The zero-order chi connectivity index (χ0) is 25.3. The van der Waals surface area contributed by atoms with Crippen molar-refractivity contribution >= 4 is 28.7 Å². The molecule has 3 aromatic carbocycles. The van der Waals surface area contributed by atoms with Gasteiger partial charge >= 0.3 is 0 Å². The standard InChI is InChI=1S/C25H23FN4O5/c1-15-3-4-17(13-24(15)29(32)33)22-11-12-23(28(22)20-8-6-19(26)7-9-20)18-5-10-21(27-16(2)31)25(14-18)30(34)35/h3-10,13-14,22-23H,11-12H2,1-2H3,(H,27,31). The molecule has 1 N–H and O–H groups in total. The zero-order valence-corrected chi connectivity index (χ0v) is 19.1. The largest absolute Gasteiger partial charge is 0.357 e. The van der Waals surface area contributed by atoms with Crippen LogP contribution in [0, 0.1) is 33.0 Å². The van der Waals surface area contributed by atoms with Gasteiger partial charge in [-0.25, -0.2) is 4.39 Å². The number of benzene rings is 3. The number of carbonyl (C=O) groups excluding carboxylic acids is 1. The Kier molecular flexibility index (Phi) is 6.46. The number of nitrogens with zero attached hydrogens (tertiary/aromatic N) is 3. The number of carbonyl (C=O) groups is 1. The number of hydrogen-bond donors (Lipinski definition) is 1. The first-order valence-electron chi connectivity index (χ1n) is 11.0. The maximum absolute atomic E-state index is 13.7. The fourth-order valence-electron chi connectivity index (χ4n) is 4.67. The van der Waals surface area contributed by atoms with Crippen molar-refractivity contribution in [2.75, 3.05) is 10.2 Å². The summed E-state index contributed by atoms with van der Waals surface area (Å²) in [5, 5.41) is 25.7. The normalized spacial score (nSPS) is 17.3. The van der Waals surface area contributed by atoms with Crippen LogP contribution in [0.15, 0.2) is 60.7 Å². The van der Waals surface area contributed by atoms with Crippen LogP contribution in [0.5, 0.6) is 0 Å². The fraction of sp³-hybridized carbons (Fsp3) is 0.240. The van der Waals surface area contributed by atoms with E-state index in [1.807, 2.05) is 11.0 Å². The first-order valence-corrected chi connectivity index (χ1v) is 11.0. The Labute approximate surface area is 200 Å². The summed E-state index contributed by atoms with van der Waals surface area (Å²) in [5.41, 5.74) is 2.51. The maximum atomic E-state index is 13.7. The summed E-state index contributed by atoms with van der Waals surface area (Å²) < 4.78 is 13.7. The van der Waals surface area contributed by atoms with E-state index in [-0.39, 0.29) is 29.1 Å². The van der Waals surface area contributed by atoms with E-state index in [0.29, 0.717) is 29.7 Å². The van der Waals surface area contributed by atoms with E-state index in [1.165, 1.54) is 31.2 Å². The first-order chi connectivity index (χ1) is 16.7. The number of amides is 1. The van der Waals surface area contributed by atoms with Crippen molar-refractivity contribution in [3.63, 3.8) is 0 Å². The Balaban J connectivity index is 1.80. The molecular weight excluding hydrogens is 455 g/mol. The van der Waals surface area contributed by atoms with Crippen LogP contribution in [0.2, 0.25) is 0 Å². The van der Waals surface area contributed by atoms with Crippen LogP contribution in [-0.4, -0.2) is 15.8 Å². The van der Waals surface area contributed by atoms with E-state index in [0.717, 1.165) is 5.56 Å². The van der Waals surface area contributed by atoms with Crippen molar-refractivity contribution < 1.29 is 19.0 Å². The van der Waals surface area contributed by atoms with Gasteiger partial charge in [0.15, 0.2) is 0 Å². The predicted molar refractivity (Wildman–Crippen MR) is 129 cm³/mol. The lowest BCUT2D eigenvalue weighted by Gasteiger charge is -2.33. The Morgan fingerprint density at radius 2 is 1.46 bits per heavy atom. The molecule has 1 heterocycles. The van der Waals surface area contributed by atoms with E-state index >= 15 is 0 Å². The van der Waals surface area contributed by atoms with Crippen LogP contribution in [0.25, 0.3) is 0 Å². The van der Waals surface area contributed by atoms with Gasteiger partial charge in [0.1, 0.15) is 11.5 Å². The van der Waals surface area contributed by atoms with Gasteiger partial charge in [0.25, 0.3) is 11.4 Å². The number of aryl methyl sites for hydroxylation is 1. The molecule has 3 aromatic rings. The van der Waals surface area contributed by atoms with Crippen LogP contribution in [0.4, 0.5) is 27.1 Å². The quantitative estimate of drug-likeness (QED) is 0.343. The van der Waals surface area contributed by atoms with E-state index < -0.39 is 21.6 Å². The third-order valence-corrected chi connectivity index (χ3v) is 6.24. The number of rotatable bonds is 6. The molecule has 10 heteroatoms. The molecule has 1 aliphatic heterocycles. The summed E-state index contributed by atoms with van der Waals surface area (Å²) in [6.45, 7) is 2.95. The van der Waals surface area contributed by atoms with Crippen molar-refractivity contribution in [3.05, 3.63) is 103 Å². The number of nitro groups is 2. The number of nitro benzene ring substituents is 2. The minimum absolute atomic E-state index is 0.0142. The number of anilines is 2. The van der Waals surface area contributed by atoms with Gasteiger partial charge in [-0.05, 0) is 61.2 Å². The van der Waals surface area contributed by atoms with E-state index in [1.54, 1.807) is 37.3 Å². The Bertz CT molecular complexity index is 1310. The molecule has 0 radical (unpaired) electrons. The molecule has 1 fully saturated rings. The highest BCUT2D eigenvalue weighted by molar-refractivity contribution is 5.91. The van der Waals surface area contributed by atoms with Gasteiger partial charge in [0, 0.05) is 30.3 Å². The second-order valence-corrected chi connectivity index (χ2v) is 8.51. The molecule has 0 saturated carbocycles. The van der Waals surface area contributed by atoms with E-state index in [4.69, 9.17) is 0 Å². The third kappa shape index (κ3) is 4.81. The number of nitrogens with one attached hydrogen (secondary N) is 1. The predicted octanol–water partition coefficient (Wildman–Crippen LogP) is 5.99. The summed E-state index contributed by atoms with van der Waals surface area (Å²) in [4.78, 5) is 35.8. The molecule has 0 bridgehead atoms. The summed E-state index contributed by atoms with van der Waals surface area (Å²) in [6.07, 6.45) is 1.24. The molecule has 1 aliphatic rings. The van der Waals surface area contributed by atoms with Gasteiger partial charge in [-0.2, -0.15) is 0 Å². The topological polar surface area (TPSA) is 119 Å². The van der Waals surface area contributed by atoms with Crippen LogP contribution < -0.4 is 10.2 Å². The van der Waals surface area contributed by atoms with E-state index in [9.17, 15) is 29.4 Å². The van der Waals surface area contributed by atoms with Crippen LogP contribution >= 0.6 is 0 Å². The molecule has 0 aliphatic carbocycles. The minimum Gasteiger partial charge on any atom is -0.357 e. The molecule has 0 spiro atoms.